The Morgan fingerprint density at radius 2 is 1.67 bits per heavy atom. The minimum Gasteiger partial charge on any atom is -0.478 e. The number of aliphatic hydroxyl groups is 1. The molecule has 220 valence electrons. The Hall–Kier alpha value is -3.85. The summed E-state index contributed by atoms with van der Waals surface area (Å²) >= 11 is 0. The second-order valence-electron chi connectivity index (χ2n) is 12.4. The van der Waals surface area contributed by atoms with Gasteiger partial charge in [0.1, 0.15) is 17.7 Å². The molecule has 0 bridgehead atoms. The number of aliphatic carboxylic acids is 1. The number of benzene rings is 2. The van der Waals surface area contributed by atoms with Crippen LogP contribution in [0.25, 0.3) is 0 Å². The number of fused-ring (bicyclic) bond motifs is 5. The van der Waals surface area contributed by atoms with Crippen LogP contribution in [0.5, 0.6) is 11.5 Å². The Kier molecular flexibility index (Phi) is 6.46. The molecule has 9 heteroatoms. The number of ether oxygens (including phenoxy) is 2. The molecule has 0 spiro atoms. The van der Waals surface area contributed by atoms with E-state index in [-0.39, 0.29) is 36.8 Å². The summed E-state index contributed by atoms with van der Waals surface area (Å²) in [4.78, 5) is 38.3. The van der Waals surface area contributed by atoms with Crippen molar-refractivity contribution in [3.63, 3.8) is 0 Å². The lowest BCUT2D eigenvalue weighted by Gasteiger charge is -2.62. The van der Waals surface area contributed by atoms with Gasteiger partial charge in [0.25, 0.3) is 0 Å². The number of para-hydroxylation sites is 1. The predicted molar refractivity (Wildman–Crippen MR) is 147 cm³/mol. The van der Waals surface area contributed by atoms with E-state index in [9.17, 15) is 24.6 Å². The molecule has 2 aromatic carbocycles. The van der Waals surface area contributed by atoms with Gasteiger partial charge in [-0.25, -0.2) is 18.4 Å². The van der Waals surface area contributed by atoms with Gasteiger partial charge in [0, 0.05) is 16.7 Å². The molecule has 0 saturated heterocycles. The summed E-state index contributed by atoms with van der Waals surface area (Å²) in [5, 5.41) is 22.0. The summed E-state index contributed by atoms with van der Waals surface area (Å²) in [6.07, 6.45) is -0.315. The molecular formula is C33H32F2O7. The maximum Gasteiger partial charge on any atom is 0.348 e. The molecule has 0 radical (unpaired) electrons. The number of carbonyl (C=O) groups excluding carboxylic acids is 2. The maximum atomic E-state index is 17.3. The highest BCUT2D eigenvalue weighted by Crippen LogP contribution is 2.70. The van der Waals surface area contributed by atoms with E-state index in [0.29, 0.717) is 11.5 Å². The van der Waals surface area contributed by atoms with Crippen molar-refractivity contribution in [3.8, 4) is 11.5 Å². The first-order valence-corrected chi connectivity index (χ1v) is 14.1. The zero-order valence-electron chi connectivity index (χ0n) is 23.3. The Labute approximate surface area is 241 Å². The average molecular weight is 579 g/mol. The molecule has 3 fully saturated rings. The highest BCUT2D eigenvalue weighted by atomic mass is 19.1. The number of rotatable bonds is 5. The number of aliphatic hydroxyl groups excluding tert-OH is 1. The fraction of sp³-hybridized carbons (Fsp3) is 0.424. The van der Waals surface area contributed by atoms with Gasteiger partial charge in [-0.1, -0.05) is 31.2 Å². The van der Waals surface area contributed by atoms with Gasteiger partial charge >= 0.3 is 11.9 Å². The van der Waals surface area contributed by atoms with Crippen molar-refractivity contribution in [2.24, 2.45) is 22.7 Å². The summed E-state index contributed by atoms with van der Waals surface area (Å²) in [7, 11) is 0. The van der Waals surface area contributed by atoms with Crippen LogP contribution in [0.15, 0.2) is 78.4 Å². The van der Waals surface area contributed by atoms with E-state index < -0.39 is 63.9 Å². The zero-order chi connectivity index (χ0) is 30.1. The van der Waals surface area contributed by atoms with Crippen molar-refractivity contribution in [2.75, 3.05) is 0 Å². The molecule has 42 heavy (non-hydrogen) atoms. The van der Waals surface area contributed by atoms with Crippen molar-refractivity contribution in [1.82, 2.24) is 0 Å². The summed E-state index contributed by atoms with van der Waals surface area (Å²) in [6, 6.07) is 15.1. The number of allylic oxidation sites excluding steroid dienone is 4. The summed E-state index contributed by atoms with van der Waals surface area (Å²) in [6.45, 7) is 3.07. The average Bonchev–Trinajstić information content (AvgIpc) is 3.24. The van der Waals surface area contributed by atoms with Crippen LogP contribution < -0.4 is 4.74 Å². The van der Waals surface area contributed by atoms with Gasteiger partial charge < -0.3 is 19.7 Å². The predicted octanol–water partition coefficient (Wildman–Crippen LogP) is 5.78. The molecule has 7 nitrogen and oxygen atoms in total. The Balaban J connectivity index is 1.30. The third kappa shape index (κ3) is 3.82. The monoisotopic (exact) mass is 578 g/mol. The number of hydrogen-bond donors (Lipinski definition) is 2. The molecule has 0 heterocycles. The van der Waals surface area contributed by atoms with Crippen LogP contribution in [-0.2, 0) is 14.3 Å². The molecule has 0 amide bonds. The molecule has 4 aliphatic carbocycles. The van der Waals surface area contributed by atoms with E-state index in [4.69, 9.17) is 9.47 Å². The van der Waals surface area contributed by atoms with E-state index in [1.165, 1.54) is 31.2 Å². The van der Waals surface area contributed by atoms with E-state index in [0.717, 1.165) is 6.08 Å². The number of ketones is 1. The number of carbonyl (C=O) groups is 3. The standard InChI is InChI=1S/C33H32F2O7/c1-30-14-12-20(36)16-25(30)26(34)17-24-23-13-15-32(29(39)40,31(23,2)18-27(37)33(24,30)35)42-28(38)19-8-10-22(11-9-19)41-21-6-4-3-5-7-21/h3-12,14,16,23-24,26-27,37H,13,15,17-18H2,1-2H3,(H,39,40)/t23-,24-,26-,27-,30-,31-,32+,33?/m0/s1. The summed E-state index contributed by atoms with van der Waals surface area (Å²) in [5.74, 6) is -3.44. The second kappa shape index (κ2) is 9.59. The van der Waals surface area contributed by atoms with Gasteiger partial charge in [-0.15, -0.1) is 0 Å². The normalized spacial score (nSPS) is 38.5. The third-order valence-corrected chi connectivity index (χ3v) is 10.4. The molecule has 3 saturated carbocycles. The quantitative estimate of drug-likeness (QED) is 0.433. The lowest BCUT2D eigenvalue weighted by molar-refractivity contribution is -0.226. The van der Waals surface area contributed by atoms with Crippen molar-refractivity contribution in [1.29, 1.82) is 0 Å². The Bertz CT molecular complexity index is 1500. The Morgan fingerprint density at radius 1 is 1.00 bits per heavy atom. The van der Waals surface area contributed by atoms with Gasteiger partial charge in [0.2, 0.25) is 5.60 Å². The molecule has 6 rings (SSSR count). The van der Waals surface area contributed by atoms with E-state index in [2.05, 4.69) is 0 Å². The number of carboxylic acids is 1. The lowest BCUT2D eigenvalue weighted by Crippen LogP contribution is -2.70. The van der Waals surface area contributed by atoms with Crippen LogP contribution >= 0.6 is 0 Å². The molecule has 8 atom stereocenters. The highest BCUT2D eigenvalue weighted by Gasteiger charge is 2.77. The largest absolute Gasteiger partial charge is 0.478 e. The van der Waals surface area contributed by atoms with Crippen molar-refractivity contribution in [3.05, 3.63) is 84.0 Å². The third-order valence-electron chi connectivity index (χ3n) is 10.4. The smallest absolute Gasteiger partial charge is 0.348 e. The topological polar surface area (TPSA) is 110 Å². The molecule has 2 N–H and O–H groups in total. The van der Waals surface area contributed by atoms with Gasteiger partial charge in [-0.05, 0) is 92.6 Å². The maximum absolute atomic E-state index is 17.3. The van der Waals surface area contributed by atoms with Crippen LogP contribution in [0.1, 0.15) is 49.9 Å². The van der Waals surface area contributed by atoms with Crippen molar-refractivity contribution < 1.29 is 42.9 Å². The molecule has 1 unspecified atom stereocenters. The number of halogens is 2. The van der Waals surface area contributed by atoms with Crippen LogP contribution in [0.2, 0.25) is 0 Å². The number of esters is 1. The first-order chi connectivity index (χ1) is 19.9. The van der Waals surface area contributed by atoms with E-state index in [1.54, 1.807) is 31.2 Å². The van der Waals surface area contributed by atoms with Crippen LogP contribution in [0.4, 0.5) is 8.78 Å². The van der Waals surface area contributed by atoms with Gasteiger partial charge in [0.05, 0.1) is 11.7 Å². The second-order valence-corrected chi connectivity index (χ2v) is 12.4. The fourth-order valence-electron chi connectivity index (χ4n) is 8.26. The van der Waals surface area contributed by atoms with Crippen molar-refractivity contribution >= 4 is 17.7 Å². The van der Waals surface area contributed by atoms with Crippen LogP contribution in [-0.4, -0.2) is 51.5 Å². The highest BCUT2D eigenvalue weighted by molar-refractivity contribution is 6.01. The number of alkyl halides is 2. The van der Waals surface area contributed by atoms with Gasteiger partial charge in [0.15, 0.2) is 11.5 Å². The summed E-state index contributed by atoms with van der Waals surface area (Å²) < 4.78 is 44.5. The number of hydrogen-bond acceptors (Lipinski definition) is 6. The first kappa shape index (κ1) is 28.3. The van der Waals surface area contributed by atoms with Gasteiger partial charge in [-0.2, -0.15) is 0 Å². The minimum absolute atomic E-state index is 0.00924. The Morgan fingerprint density at radius 3 is 2.33 bits per heavy atom. The van der Waals surface area contributed by atoms with E-state index in [1.807, 2.05) is 18.2 Å². The molecule has 4 aliphatic rings. The van der Waals surface area contributed by atoms with Gasteiger partial charge in [-0.3, -0.25) is 4.79 Å². The number of carboxylic acid groups (broad SMARTS) is 1. The fourth-order valence-corrected chi connectivity index (χ4v) is 8.26. The molecule has 0 aromatic heterocycles. The first-order valence-electron chi connectivity index (χ1n) is 14.1. The van der Waals surface area contributed by atoms with Crippen LogP contribution in [0.3, 0.4) is 0 Å². The molecular weight excluding hydrogens is 546 g/mol. The van der Waals surface area contributed by atoms with Crippen LogP contribution in [0, 0.1) is 22.7 Å². The zero-order valence-corrected chi connectivity index (χ0v) is 23.3. The van der Waals surface area contributed by atoms with Crippen molar-refractivity contribution in [2.45, 2.75) is 63.1 Å². The lowest BCUT2D eigenvalue weighted by atomic mass is 9.44. The SMILES string of the molecule is C[C@]12C=CC(=O)C=C1[C@@H](F)C[C@H]1[C@@H]3CC[C@@](OC(=O)c4ccc(Oc5ccccc5)cc4)(C(=O)O)[C@@]3(C)C[C@H](O)C12F. The molecule has 0 aliphatic heterocycles. The minimum atomic E-state index is -2.35. The summed E-state index contributed by atoms with van der Waals surface area (Å²) in [5.41, 5.74) is -7.31. The van der Waals surface area contributed by atoms with E-state index >= 15 is 8.78 Å². The molecule has 2 aromatic rings.